The van der Waals surface area contributed by atoms with E-state index in [9.17, 15) is 0 Å². The van der Waals surface area contributed by atoms with Crippen LogP contribution in [0.4, 0.5) is 0 Å². The zero-order valence-corrected chi connectivity index (χ0v) is 11.6. The van der Waals surface area contributed by atoms with Gasteiger partial charge >= 0.3 is 0 Å². The van der Waals surface area contributed by atoms with Crippen LogP contribution >= 0.6 is 0 Å². The molecule has 1 aromatic heterocycles. The van der Waals surface area contributed by atoms with Crippen molar-refractivity contribution in [3.63, 3.8) is 0 Å². The lowest BCUT2D eigenvalue weighted by Gasteiger charge is -2.21. The lowest BCUT2D eigenvalue weighted by atomic mass is 9.89. The van der Waals surface area contributed by atoms with Gasteiger partial charge in [-0.25, -0.2) is 0 Å². The molecule has 0 aliphatic heterocycles. The first kappa shape index (κ1) is 13.5. The molecule has 0 fully saturated rings. The summed E-state index contributed by atoms with van der Waals surface area (Å²) in [5.41, 5.74) is 9.35. The van der Waals surface area contributed by atoms with Crippen LogP contribution in [-0.2, 0) is 0 Å². The van der Waals surface area contributed by atoms with E-state index in [1.165, 1.54) is 0 Å². The van der Waals surface area contributed by atoms with Gasteiger partial charge in [0.25, 0.3) is 0 Å². The van der Waals surface area contributed by atoms with Crippen LogP contribution in [0.2, 0.25) is 0 Å². The topological polar surface area (TPSA) is 60.3 Å². The maximum Gasteiger partial charge on any atom is 0.126 e. The Morgan fingerprint density at radius 2 is 2.05 bits per heavy atom. The van der Waals surface area contributed by atoms with E-state index in [0.717, 1.165) is 28.2 Å². The molecular formula is C15H20N2O2. The largest absolute Gasteiger partial charge is 0.497 e. The fraction of sp³-hybridized carbons (Fsp3) is 0.333. The van der Waals surface area contributed by atoms with Crippen molar-refractivity contribution in [2.75, 3.05) is 20.8 Å². The molecule has 1 heterocycles. The SMILES string of the molecule is COc1cc(C)c(C(CN)c2cc[nH]c2)c(OC)c1. The highest BCUT2D eigenvalue weighted by Crippen LogP contribution is 2.36. The lowest BCUT2D eigenvalue weighted by molar-refractivity contribution is 0.389. The summed E-state index contributed by atoms with van der Waals surface area (Å²) in [6.45, 7) is 2.58. The molecule has 0 spiro atoms. The second-order valence-corrected chi connectivity index (χ2v) is 4.49. The van der Waals surface area contributed by atoms with Crippen LogP contribution in [-0.4, -0.2) is 25.7 Å². The van der Waals surface area contributed by atoms with Gasteiger partial charge in [-0.1, -0.05) is 0 Å². The van der Waals surface area contributed by atoms with Crippen LogP contribution in [0, 0.1) is 6.92 Å². The molecule has 2 rings (SSSR count). The minimum absolute atomic E-state index is 0.118. The molecule has 0 aliphatic carbocycles. The molecule has 4 heteroatoms. The number of aryl methyl sites for hydroxylation is 1. The molecule has 0 aliphatic rings. The number of aromatic amines is 1. The highest BCUT2D eigenvalue weighted by Gasteiger charge is 2.20. The van der Waals surface area contributed by atoms with E-state index in [2.05, 4.69) is 11.9 Å². The number of nitrogens with two attached hydrogens (primary N) is 1. The molecule has 102 valence electrons. The summed E-state index contributed by atoms with van der Waals surface area (Å²) in [7, 11) is 3.32. The Hall–Kier alpha value is -1.94. The molecule has 4 nitrogen and oxygen atoms in total. The summed E-state index contributed by atoms with van der Waals surface area (Å²) < 4.78 is 10.8. The summed E-state index contributed by atoms with van der Waals surface area (Å²) in [5.74, 6) is 1.73. The second-order valence-electron chi connectivity index (χ2n) is 4.49. The van der Waals surface area contributed by atoms with Crippen molar-refractivity contribution in [3.05, 3.63) is 47.3 Å². The van der Waals surface area contributed by atoms with Crippen molar-refractivity contribution in [2.45, 2.75) is 12.8 Å². The Kier molecular flexibility index (Phi) is 4.12. The Balaban J connectivity index is 2.53. The average molecular weight is 260 g/mol. The third kappa shape index (κ3) is 2.58. The van der Waals surface area contributed by atoms with Crippen molar-refractivity contribution in [1.29, 1.82) is 0 Å². The Bertz CT molecular complexity index is 535. The Labute approximate surface area is 113 Å². The third-order valence-electron chi connectivity index (χ3n) is 3.39. The van der Waals surface area contributed by atoms with Crippen molar-refractivity contribution >= 4 is 0 Å². The fourth-order valence-electron chi connectivity index (χ4n) is 2.44. The van der Waals surface area contributed by atoms with E-state index < -0.39 is 0 Å². The maximum atomic E-state index is 5.96. The van der Waals surface area contributed by atoms with E-state index in [-0.39, 0.29) is 5.92 Å². The van der Waals surface area contributed by atoms with Crippen LogP contribution < -0.4 is 15.2 Å². The zero-order valence-electron chi connectivity index (χ0n) is 11.6. The van der Waals surface area contributed by atoms with Crippen molar-refractivity contribution in [3.8, 4) is 11.5 Å². The number of methoxy groups -OCH3 is 2. The van der Waals surface area contributed by atoms with Gasteiger partial charge in [-0.05, 0) is 30.2 Å². The molecule has 1 aromatic carbocycles. The predicted molar refractivity (Wildman–Crippen MR) is 76.0 cm³/mol. The quantitative estimate of drug-likeness (QED) is 0.868. The van der Waals surface area contributed by atoms with Gasteiger partial charge < -0.3 is 20.2 Å². The van der Waals surface area contributed by atoms with E-state index in [1.54, 1.807) is 14.2 Å². The van der Waals surface area contributed by atoms with Gasteiger partial charge in [-0.2, -0.15) is 0 Å². The number of H-pyrrole nitrogens is 1. The number of hydrogen-bond donors (Lipinski definition) is 2. The second kappa shape index (κ2) is 5.80. The third-order valence-corrected chi connectivity index (χ3v) is 3.39. The first-order valence-corrected chi connectivity index (χ1v) is 6.26. The smallest absolute Gasteiger partial charge is 0.126 e. The van der Waals surface area contributed by atoms with Gasteiger partial charge in [0.1, 0.15) is 11.5 Å². The van der Waals surface area contributed by atoms with Crippen LogP contribution in [0.1, 0.15) is 22.6 Å². The maximum absolute atomic E-state index is 5.96. The van der Waals surface area contributed by atoms with Crippen LogP contribution in [0.15, 0.2) is 30.6 Å². The molecule has 0 radical (unpaired) electrons. The summed E-state index contributed by atoms with van der Waals surface area (Å²) >= 11 is 0. The molecular weight excluding hydrogens is 240 g/mol. The minimum Gasteiger partial charge on any atom is -0.497 e. The Morgan fingerprint density at radius 1 is 1.26 bits per heavy atom. The van der Waals surface area contributed by atoms with Gasteiger partial charge in [0.2, 0.25) is 0 Å². The van der Waals surface area contributed by atoms with Crippen molar-refractivity contribution in [2.24, 2.45) is 5.73 Å². The highest BCUT2D eigenvalue weighted by atomic mass is 16.5. The summed E-state index contributed by atoms with van der Waals surface area (Å²) in [5, 5.41) is 0. The van der Waals surface area contributed by atoms with Gasteiger partial charge in [0.15, 0.2) is 0 Å². The number of nitrogens with one attached hydrogen (secondary N) is 1. The standard InChI is InChI=1S/C15H20N2O2/c1-10-6-12(18-2)7-14(19-3)15(10)13(8-16)11-4-5-17-9-11/h4-7,9,13,17H,8,16H2,1-3H3. The number of ether oxygens (including phenoxy) is 2. The fourth-order valence-corrected chi connectivity index (χ4v) is 2.44. The van der Waals surface area contributed by atoms with E-state index in [0.29, 0.717) is 6.54 Å². The van der Waals surface area contributed by atoms with E-state index >= 15 is 0 Å². The molecule has 0 bridgehead atoms. The van der Waals surface area contributed by atoms with Crippen molar-refractivity contribution < 1.29 is 9.47 Å². The van der Waals surface area contributed by atoms with Crippen LogP contribution in [0.3, 0.4) is 0 Å². The number of hydrogen-bond acceptors (Lipinski definition) is 3. The minimum atomic E-state index is 0.118. The molecule has 0 saturated carbocycles. The molecule has 19 heavy (non-hydrogen) atoms. The zero-order chi connectivity index (χ0) is 13.8. The molecule has 1 unspecified atom stereocenters. The molecule has 2 aromatic rings. The predicted octanol–water partition coefficient (Wildman–Crippen LogP) is 2.43. The summed E-state index contributed by atoms with van der Waals surface area (Å²) in [6.07, 6.45) is 3.88. The summed E-state index contributed by atoms with van der Waals surface area (Å²) in [6, 6.07) is 5.95. The van der Waals surface area contributed by atoms with Crippen molar-refractivity contribution in [1.82, 2.24) is 4.98 Å². The lowest BCUT2D eigenvalue weighted by Crippen LogP contribution is -2.15. The van der Waals surface area contributed by atoms with Gasteiger partial charge in [0.05, 0.1) is 14.2 Å². The number of rotatable bonds is 5. The molecule has 0 saturated heterocycles. The van der Waals surface area contributed by atoms with Crippen LogP contribution in [0.5, 0.6) is 11.5 Å². The van der Waals surface area contributed by atoms with Gasteiger partial charge in [-0.3, -0.25) is 0 Å². The Morgan fingerprint density at radius 3 is 2.58 bits per heavy atom. The normalized spacial score (nSPS) is 12.2. The summed E-state index contributed by atoms with van der Waals surface area (Å²) in [4.78, 5) is 3.07. The average Bonchev–Trinajstić information content (AvgIpc) is 2.94. The first-order chi connectivity index (χ1) is 9.21. The van der Waals surface area contributed by atoms with E-state index in [4.69, 9.17) is 15.2 Å². The molecule has 1 atom stereocenters. The van der Waals surface area contributed by atoms with Crippen LogP contribution in [0.25, 0.3) is 0 Å². The monoisotopic (exact) mass is 260 g/mol. The van der Waals surface area contributed by atoms with E-state index in [1.807, 2.05) is 30.6 Å². The molecule has 0 amide bonds. The number of benzene rings is 1. The first-order valence-electron chi connectivity index (χ1n) is 6.26. The number of aromatic nitrogens is 1. The van der Waals surface area contributed by atoms with Gasteiger partial charge in [0, 0.05) is 36.5 Å². The highest BCUT2D eigenvalue weighted by molar-refractivity contribution is 5.51. The molecule has 3 N–H and O–H groups in total. The van der Waals surface area contributed by atoms with Gasteiger partial charge in [-0.15, -0.1) is 0 Å².